The molecule has 2 amide bonds. The Morgan fingerprint density at radius 3 is 2.83 bits per heavy atom. The van der Waals surface area contributed by atoms with Gasteiger partial charge in [-0.05, 0) is 18.2 Å². The molecule has 0 unspecified atom stereocenters. The minimum atomic E-state index is -0.158. The molecule has 0 radical (unpaired) electrons. The highest BCUT2D eigenvalue weighted by atomic mass is 16.3. The van der Waals surface area contributed by atoms with Crippen LogP contribution in [0.3, 0.4) is 0 Å². The van der Waals surface area contributed by atoms with Crippen LogP contribution in [0.15, 0.2) is 53.3 Å². The van der Waals surface area contributed by atoms with E-state index in [2.05, 4.69) is 10.3 Å². The summed E-state index contributed by atoms with van der Waals surface area (Å²) in [5, 5.41) is 3.74. The SMILES string of the molecule is O=C(NCc1ccco1)C1CN(C(=O)c2c[nH]c3ccccc23)C1. The fourth-order valence-electron chi connectivity index (χ4n) is 2.96. The lowest BCUT2D eigenvalue weighted by molar-refractivity contribution is -0.129. The van der Waals surface area contributed by atoms with Gasteiger partial charge in [-0.25, -0.2) is 0 Å². The number of carbonyl (C=O) groups is 2. The molecule has 1 aromatic carbocycles. The maximum absolute atomic E-state index is 12.6. The molecule has 1 saturated heterocycles. The smallest absolute Gasteiger partial charge is 0.256 e. The summed E-state index contributed by atoms with van der Waals surface area (Å²) in [6, 6.07) is 11.3. The molecule has 1 fully saturated rings. The molecule has 24 heavy (non-hydrogen) atoms. The van der Waals surface area contributed by atoms with Crippen LogP contribution < -0.4 is 5.32 Å². The van der Waals surface area contributed by atoms with E-state index in [-0.39, 0.29) is 17.7 Å². The number of para-hydroxylation sites is 1. The lowest BCUT2D eigenvalue weighted by Crippen LogP contribution is -2.55. The predicted molar refractivity (Wildman–Crippen MR) is 88.2 cm³/mol. The van der Waals surface area contributed by atoms with Crippen molar-refractivity contribution in [2.24, 2.45) is 5.92 Å². The Bertz CT molecular complexity index is 876. The zero-order chi connectivity index (χ0) is 16.5. The van der Waals surface area contributed by atoms with Gasteiger partial charge in [-0.1, -0.05) is 18.2 Å². The molecule has 1 aliphatic heterocycles. The third-order valence-corrected chi connectivity index (χ3v) is 4.38. The molecule has 3 aromatic rings. The lowest BCUT2D eigenvalue weighted by Gasteiger charge is -2.38. The topological polar surface area (TPSA) is 78.3 Å². The molecule has 0 spiro atoms. The maximum atomic E-state index is 12.6. The number of fused-ring (bicyclic) bond motifs is 1. The molecule has 4 rings (SSSR count). The lowest BCUT2D eigenvalue weighted by atomic mass is 9.97. The number of furan rings is 1. The highest BCUT2D eigenvalue weighted by molar-refractivity contribution is 6.07. The minimum absolute atomic E-state index is 0.0393. The summed E-state index contributed by atoms with van der Waals surface area (Å²) in [7, 11) is 0. The fourth-order valence-corrected chi connectivity index (χ4v) is 2.96. The van der Waals surface area contributed by atoms with E-state index in [1.54, 1.807) is 23.4 Å². The molecular weight excluding hydrogens is 306 g/mol. The van der Waals surface area contributed by atoms with Gasteiger partial charge in [0.2, 0.25) is 5.91 Å². The number of hydrogen-bond acceptors (Lipinski definition) is 3. The van der Waals surface area contributed by atoms with Gasteiger partial charge in [-0.3, -0.25) is 9.59 Å². The van der Waals surface area contributed by atoms with Crippen LogP contribution in [0.4, 0.5) is 0 Å². The molecule has 0 aliphatic carbocycles. The number of likely N-dealkylation sites (tertiary alicyclic amines) is 1. The molecular formula is C18H17N3O3. The van der Waals surface area contributed by atoms with Crippen molar-refractivity contribution in [1.29, 1.82) is 0 Å². The number of amides is 2. The number of H-pyrrole nitrogens is 1. The molecule has 0 bridgehead atoms. The van der Waals surface area contributed by atoms with E-state index >= 15 is 0 Å². The van der Waals surface area contributed by atoms with Crippen LogP contribution in [0.25, 0.3) is 10.9 Å². The van der Waals surface area contributed by atoms with Crippen LogP contribution in [0.5, 0.6) is 0 Å². The molecule has 0 atom stereocenters. The number of nitrogens with one attached hydrogen (secondary N) is 2. The van der Waals surface area contributed by atoms with Crippen molar-refractivity contribution in [2.45, 2.75) is 6.54 Å². The zero-order valence-electron chi connectivity index (χ0n) is 13.0. The number of carbonyl (C=O) groups excluding carboxylic acids is 2. The van der Waals surface area contributed by atoms with E-state index in [4.69, 9.17) is 4.42 Å². The zero-order valence-corrected chi connectivity index (χ0v) is 13.0. The van der Waals surface area contributed by atoms with Gasteiger partial charge in [0.15, 0.2) is 0 Å². The van der Waals surface area contributed by atoms with Crippen molar-refractivity contribution in [2.75, 3.05) is 13.1 Å². The average Bonchev–Trinajstić information content (AvgIpc) is 3.20. The Hall–Kier alpha value is -3.02. The Kier molecular flexibility index (Phi) is 3.57. The summed E-state index contributed by atoms with van der Waals surface area (Å²) >= 11 is 0. The highest BCUT2D eigenvalue weighted by Crippen LogP contribution is 2.24. The largest absolute Gasteiger partial charge is 0.467 e. The molecule has 1 aliphatic rings. The first-order valence-corrected chi connectivity index (χ1v) is 7.88. The van der Waals surface area contributed by atoms with Crippen LogP contribution in [0.2, 0.25) is 0 Å². The van der Waals surface area contributed by atoms with Crippen molar-refractivity contribution in [3.8, 4) is 0 Å². The number of rotatable bonds is 4. The number of nitrogens with zero attached hydrogens (tertiary/aromatic N) is 1. The van der Waals surface area contributed by atoms with E-state index in [0.29, 0.717) is 25.2 Å². The summed E-state index contributed by atoms with van der Waals surface area (Å²) in [4.78, 5) is 29.5. The van der Waals surface area contributed by atoms with Gasteiger partial charge in [0.1, 0.15) is 5.76 Å². The van der Waals surface area contributed by atoms with Crippen molar-refractivity contribution in [3.05, 3.63) is 60.2 Å². The molecule has 3 heterocycles. The monoisotopic (exact) mass is 323 g/mol. The number of hydrogen-bond donors (Lipinski definition) is 2. The fraction of sp³-hybridized carbons (Fsp3) is 0.222. The van der Waals surface area contributed by atoms with Gasteiger partial charge < -0.3 is 19.6 Å². The van der Waals surface area contributed by atoms with E-state index < -0.39 is 0 Å². The van der Waals surface area contributed by atoms with E-state index in [0.717, 1.165) is 16.7 Å². The van der Waals surface area contributed by atoms with Crippen LogP contribution in [0.1, 0.15) is 16.1 Å². The second-order valence-electron chi connectivity index (χ2n) is 5.95. The van der Waals surface area contributed by atoms with Crippen molar-refractivity contribution in [3.63, 3.8) is 0 Å². The third-order valence-electron chi connectivity index (χ3n) is 4.38. The molecule has 6 nitrogen and oxygen atoms in total. The summed E-state index contributed by atoms with van der Waals surface area (Å²) in [6.45, 7) is 1.27. The van der Waals surface area contributed by atoms with Gasteiger partial charge in [0.25, 0.3) is 5.91 Å². The van der Waals surface area contributed by atoms with Crippen molar-refractivity contribution in [1.82, 2.24) is 15.2 Å². The molecule has 6 heteroatoms. The van der Waals surface area contributed by atoms with Gasteiger partial charge in [-0.15, -0.1) is 0 Å². The van der Waals surface area contributed by atoms with Crippen LogP contribution in [0, 0.1) is 5.92 Å². The van der Waals surface area contributed by atoms with E-state index in [1.165, 1.54) is 0 Å². The summed E-state index contributed by atoms with van der Waals surface area (Å²) < 4.78 is 5.18. The maximum Gasteiger partial charge on any atom is 0.256 e. The number of benzene rings is 1. The van der Waals surface area contributed by atoms with Crippen LogP contribution in [-0.2, 0) is 11.3 Å². The first-order valence-electron chi connectivity index (χ1n) is 7.88. The quantitative estimate of drug-likeness (QED) is 0.772. The van der Waals surface area contributed by atoms with Crippen molar-refractivity contribution >= 4 is 22.7 Å². The average molecular weight is 323 g/mol. The first-order chi connectivity index (χ1) is 11.7. The van der Waals surface area contributed by atoms with Gasteiger partial charge >= 0.3 is 0 Å². The Morgan fingerprint density at radius 1 is 1.21 bits per heavy atom. The van der Waals surface area contributed by atoms with Crippen LogP contribution >= 0.6 is 0 Å². The van der Waals surface area contributed by atoms with Gasteiger partial charge in [0, 0.05) is 30.2 Å². The number of aromatic amines is 1. The summed E-state index contributed by atoms with van der Waals surface area (Å²) in [6.07, 6.45) is 3.31. The molecule has 0 saturated carbocycles. The standard InChI is InChI=1S/C18H17N3O3/c22-17(20-8-13-4-3-7-24-13)12-10-21(11-12)18(23)15-9-19-16-6-2-1-5-14(15)16/h1-7,9,12,19H,8,10-11H2,(H,20,22). The highest BCUT2D eigenvalue weighted by Gasteiger charge is 2.36. The second-order valence-corrected chi connectivity index (χ2v) is 5.95. The third kappa shape index (κ3) is 2.56. The summed E-state index contributed by atoms with van der Waals surface area (Å²) in [5.74, 6) is 0.473. The second kappa shape index (κ2) is 5.88. The minimum Gasteiger partial charge on any atom is -0.467 e. The molecule has 2 N–H and O–H groups in total. The normalized spacial score (nSPS) is 14.6. The van der Waals surface area contributed by atoms with Crippen molar-refractivity contribution < 1.29 is 14.0 Å². The predicted octanol–water partition coefficient (Wildman–Crippen LogP) is 2.15. The Morgan fingerprint density at radius 2 is 2.04 bits per heavy atom. The van der Waals surface area contributed by atoms with E-state index in [9.17, 15) is 9.59 Å². The van der Waals surface area contributed by atoms with Gasteiger partial charge in [0.05, 0.1) is 24.3 Å². The summed E-state index contributed by atoms with van der Waals surface area (Å²) in [5.41, 5.74) is 1.59. The Balaban J connectivity index is 1.35. The number of aromatic nitrogens is 1. The van der Waals surface area contributed by atoms with Gasteiger partial charge in [-0.2, -0.15) is 0 Å². The van der Waals surface area contributed by atoms with Crippen LogP contribution in [-0.4, -0.2) is 34.8 Å². The molecule has 2 aromatic heterocycles. The van der Waals surface area contributed by atoms with E-state index in [1.807, 2.05) is 30.3 Å². The first kappa shape index (κ1) is 14.6. The Labute approximate surface area is 138 Å². The molecule has 122 valence electrons.